The van der Waals surface area contributed by atoms with Crippen LogP contribution in [0.4, 0.5) is 4.39 Å². The van der Waals surface area contributed by atoms with E-state index in [0.29, 0.717) is 10.9 Å². The van der Waals surface area contributed by atoms with Crippen molar-refractivity contribution in [1.82, 2.24) is 10.3 Å². The molecule has 0 saturated heterocycles. The molecule has 0 spiro atoms. The number of esters is 1. The van der Waals surface area contributed by atoms with Gasteiger partial charge >= 0.3 is 5.97 Å². The van der Waals surface area contributed by atoms with E-state index in [0.717, 1.165) is 5.56 Å². The SMILES string of the molecule is COC(=O)[C@H](NC(=O)c1cc2cc(F)ccc2[nH]1)[C@@H](O)Cc1ccccc1. The Hall–Kier alpha value is -3.19. The molecule has 2 aromatic carbocycles. The number of fused-ring (bicyclic) bond motifs is 1. The van der Waals surface area contributed by atoms with Gasteiger partial charge in [-0.25, -0.2) is 9.18 Å². The second-order valence-corrected chi connectivity index (χ2v) is 6.15. The zero-order valence-electron chi connectivity index (χ0n) is 14.6. The number of nitrogens with one attached hydrogen (secondary N) is 2. The third kappa shape index (κ3) is 4.32. The highest BCUT2D eigenvalue weighted by Gasteiger charge is 2.30. The molecular formula is C20H19FN2O4. The smallest absolute Gasteiger partial charge is 0.331 e. The molecule has 0 bridgehead atoms. The number of amides is 1. The van der Waals surface area contributed by atoms with Crippen LogP contribution in [0, 0.1) is 5.82 Å². The summed E-state index contributed by atoms with van der Waals surface area (Å²) in [5.74, 6) is -1.78. The lowest BCUT2D eigenvalue weighted by Crippen LogP contribution is -2.50. The monoisotopic (exact) mass is 370 g/mol. The quantitative estimate of drug-likeness (QED) is 0.580. The van der Waals surface area contributed by atoms with Crippen LogP contribution in [0.3, 0.4) is 0 Å². The number of carbonyl (C=O) groups excluding carboxylic acids is 2. The van der Waals surface area contributed by atoms with Crippen LogP contribution in [-0.4, -0.2) is 41.2 Å². The largest absolute Gasteiger partial charge is 0.467 e. The van der Waals surface area contributed by atoms with Crippen LogP contribution in [-0.2, 0) is 16.0 Å². The molecule has 1 amide bonds. The first kappa shape index (κ1) is 18.6. The summed E-state index contributed by atoms with van der Waals surface area (Å²) >= 11 is 0. The first-order valence-electron chi connectivity index (χ1n) is 8.37. The van der Waals surface area contributed by atoms with Crippen LogP contribution in [0.1, 0.15) is 16.1 Å². The van der Waals surface area contributed by atoms with Gasteiger partial charge in [0.2, 0.25) is 0 Å². The minimum absolute atomic E-state index is 0.149. The molecule has 0 radical (unpaired) electrons. The van der Waals surface area contributed by atoms with Crippen molar-refractivity contribution in [2.75, 3.05) is 7.11 Å². The van der Waals surface area contributed by atoms with Crippen LogP contribution in [0.15, 0.2) is 54.6 Å². The van der Waals surface area contributed by atoms with Crippen molar-refractivity contribution in [2.24, 2.45) is 0 Å². The number of benzene rings is 2. The fraction of sp³-hybridized carbons (Fsp3) is 0.200. The second-order valence-electron chi connectivity index (χ2n) is 6.15. The van der Waals surface area contributed by atoms with Crippen LogP contribution in [0.2, 0.25) is 0 Å². The molecule has 1 heterocycles. The molecule has 3 N–H and O–H groups in total. The average Bonchev–Trinajstić information content (AvgIpc) is 3.09. The standard InChI is InChI=1S/C20H19FN2O4/c1-27-20(26)18(17(24)9-12-5-3-2-4-6-12)23-19(25)16-11-13-10-14(21)7-8-15(13)22-16/h2-8,10-11,17-18,22,24H,9H2,1H3,(H,23,25)/t17-,18+/m0/s1. The minimum atomic E-state index is -1.24. The van der Waals surface area contributed by atoms with E-state index in [1.165, 1.54) is 31.4 Å². The summed E-state index contributed by atoms with van der Waals surface area (Å²) in [7, 11) is 1.18. The maximum Gasteiger partial charge on any atom is 0.331 e. The summed E-state index contributed by atoms with van der Waals surface area (Å²) in [4.78, 5) is 27.5. The molecule has 140 valence electrons. The molecule has 27 heavy (non-hydrogen) atoms. The molecule has 7 heteroatoms. The number of carbonyl (C=O) groups is 2. The normalized spacial score (nSPS) is 13.1. The van der Waals surface area contributed by atoms with Crippen molar-refractivity contribution >= 4 is 22.8 Å². The summed E-state index contributed by atoms with van der Waals surface area (Å²) < 4.78 is 18.0. The summed E-state index contributed by atoms with van der Waals surface area (Å²) in [6.45, 7) is 0. The zero-order chi connectivity index (χ0) is 19.4. The number of halogens is 1. The molecule has 1 aromatic heterocycles. The Morgan fingerprint density at radius 1 is 1.19 bits per heavy atom. The van der Waals surface area contributed by atoms with Gasteiger partial charge in [0.25, 0.3) is 5.91 Å². The fourth-order valence-corrected chi connectivity index (χ4v) is 2.86. The number of aliphatic hydroxyl groups excluding tert-OH is 1. The Labute approximate surface area is 155 Å². The van der Waals surface area contributed by atoms with Gasteiger partial charge in [0.15, 0.2) is 6.04 Å². The number of hydrogen-bond donors (Lipinski definition) is 3. The minimum Gasteiger partial charge on any atom is -0.467 e. The maximum absolute atomic E-state index is 13.3. The lowest BCUT2D eigenvalue weighted by molar-refractivity contribution is -0.145. The predicted octanol–water partition coefficient (Wildman–Crippen LogP) is 2.18. The van der Waals surface area contributed by atoms with Crippen molar-refractivity contribution in [3.05, 3.63) is 71.7 Å². The van der Waals surface area contributed by atoms with Gasteiger partial charge in [0.1, 0.15) is 11.5 Å². The second kappa shape index (κ2) is 8.01. The maximum atomic E-state index is 13.3. The number of ether oxygens (including phenoxy) is 1. The van der Waals surface area contributed by atoms with E-state index in [1.54, 1.807) is 0 Å². The highest BCUT2D eigenvalue weighted by Crippen LogP contribution is 2.17. The van der Waals surface area contributed by atoms with E-state index in [1.807, 2.05) is 30.3 Å². The lowest BCUT2D eigenvalue weighted by Gasteiger charge is -2.21. The van der Waals surface area contributed by atoms with Gasteiger partial charge in [0, 0.05) is 17.3 Å². The van der Waals surface area contributed by atoms with E-state index in [-0.39, 0.29) is 12.1 Å². The Morgan fingerprint density at radius 2 is 1.93 bits per heavy atom. The van der Waals surface area contributed by atoms with Crippen LogP contribution < -0.4 is 5.32 Å². The van der Waals surface area contributed by atoms with Crippen LogP contribution >= 0.6 is 0 Å². The average molecular weight is 370 g/mol. The molecule has 0 aliphatic heterocycles. The van der Waals surface area contributed by atoms with E-state index in [2.05, 4.69) is 10.3 Å². The Bertz CT molecular complexity index is 955. The highest BCUT2D eigenvalue weighted by molar-refractivity contribution is 5.99. The third-order valence-electron chi connectivity index (χ3n) is 4.24. The van der Waals surface area contributed by atoms with Gasteiger partial charge in [-0.05, 0) is 29.8 Å². The van der Waals surface area contributed by atoms with Crippen molar-refractivity contribution in [3.8, 4) is 0 Å². The molecule has 0 aliphatic carbocycles. The first-order valence-corrected chi connectivity index (χ1v) is 8.37. The Morgan fingerprint density at radius 3 is 2.63 bits per heavy atom. The number of hydrogen-bond acceptors (Lipinski definition) is 4. The van der Waals surface area contributed by atoms with Gasteiger partial charge in [0.05, 0.1) is 13.2 Å². The number of aromatic amines is 1. The molecule has 6 nitrogen and oxygen atoms in total. The van der Waals surface area contributed by atoms with Gasteiger partial charge < -0.3 is 20.1 Å². The van der Waals surface area contributed by atoms with Gasteiger partial charge in [-0.1, -0.05) is 30.3 Å². The molecule has 0 aliphatic rings. The number of aromatic nitrogens is 1. The van der Waals surface area contributed by atoms with Gasteiger partial charge in [-0.15, -0.1) is 0 Å². The van der Waals surface area contributed by atoms with Crippen molar-refractivity contribution in [1.29, 1.82) is 0 Å². The molecule has 0 saturated carbocycles. The zero-order valence-corrected chi connectivity index (χ0v) is 14.6. The molecule has 3 rings (SSSR count). The highest BCUT2D eigenvalue weighted by atomic mass is 19.1. The number of methoxy groups -OCH3 is 1. The Balaban J connectivity index is 1.78. The van der Waals surface area contributed by atoms with Crippen molar-refractivity contribution < 1.29 is 23.8 Å². The summed E-state index contributed by atoms with van der Waals surface area (Å²) in [5.41, 5.74) is 1.55. The van der Waals surface area contributed by atoms with Crippen LogP contribution in [0.5, 0.6) is 0 Å². The van der Waals surface area contributed by atoms with Crippen molar-refractivity contribution in [2.45, 2.75) is 18.6 Å². The van der Waals surface area contributed by atoms with E-state index >= 15 is 0 Å². The first-order chi connectivity index (χ1) is 13.0. The van der Waals surface area contributed by atoms with E-state index < -0.39 is 29.8 Å². The van der Waals surface area contributed by atoms with Crippen LogP contribution in [0.25, 0.3) is 10.9 Å². The van der Waals surface area contributed by atoms with Crippen molar-refractivity contribution in [3.63, 3.8) is 0 Å². The third-order valence-corrected chi connectivity index (χ3v) is 4.24. The summed E-state index contributed by atoms with van der Waals surface area (Å²) in [6.07, 6.45) is -1.01. The number of H-pyrrole nitrogens is 1. The molecule has 2 atom stereocenters. The predicted molar refractivity (Wildman–Crippen MR) is 97.7 cm³/mol. The topological polar surface area (TPSA) is 91.4 Å². The lowest BCUT2D eigenvalue weighted by atomic mass is 10.0. The van der Waals surface area contributed by atoms with Gasteiger partial charge in [-0.3, -0.25) is 4.79 Å². The fourth-order valence-electron chi connectivity index (χ4n) is 2.86. The van der Waals surface area contributed by atoms with Gasteiger partial charge in [-0.2, -0.15) is 0 Å². The number of aliphatic hydroxyl groups is 1. The van der Waals surface area contributed by atoms with E-state index in [4.69, 9.17) is 4.74 Å². The molecule has 0 fully saturated rings. The molecular weight excluding hydrogens is 351 g/mol. The molecule has 3 aromatic rings. The summed E-state index contributed by atoms with van der Waals surface area (Å²) in [6, 6.07) is 13.4. The Kier molecular flexibility index (Phi) is 5.52. The summed E-state index contributed by atoms with van der Waals surface area (Å²) in [5, 5.41) is 13.5. The number of rotatable bonds is 6. The molecule has 0 unspecified atom stereocenters. The van der Waals surface area contributed by atoms with E-state index in [9.17, 15) is 19.1 Å².